The molecular formula is C15H20N2O4. The first kappa shape index (κ1) is 15.3. The van der Waals surface area contributed by atoms with Crippen molar-refractivity contribution in [2.75, 3.05) is 51.9 Å². The van der Waals surface area contributed by atoms with Gasteiger partial charge < -0.3 is 19.3 Å². The number of anilines is 1. The molecule has 1 aliphatic heterocycles. The van der Waals surface area contributed by atoms with Gasteiger partial charge in [-0.05, 0) is 18.2 Å². The van der Waals surface area contributed by atoms with Crippen LogP contribution in [0.1, 0.15) is 10.4 Å². The van der Waals surface area contributed by atoms with Crippen molar-refractivity contribution in [3.63, 3.8) is 0 Å². The highest BCUT2D eigenvalue weighted by molar-refractivity contribution is 5.92. The van der Waals surface area contributed by atoms with Crippen LogP contribution in [0, 0.1) is 0 Å². The quantitative estimate of drug-likeness (QED) is 0.767. The largest absolute Gasteiger partial charge is 0.452 e. The van der Waals surface area contributed by atoms with Crippen LogP contribution in [0.25, 0.3) is 0 Å². The zero-order chi connectivity index (χ0) is 15.2. The van der Waals surface area contributed by atoms with Crippen LogP contribution in [0.15, 0.2) is 24.3 Å². The summed E-state index contributed by atoms with van der Waals surface area (Å²) in [7, 11) is 3.79. The van der Waals surface area contributed by atoms with E-state index in [9.17, 15) is 9.59 Å². The molecule has 0 bridgehead atoms. The Balaban J connectivity index is 1.89. The Morgan fingerprint density at radius 3 is 2.67 bits per heavy atom. The molecule has 6 nitrogen and oxygen atoms in total. The molecule has 0 unspecified atom stereocenters. The van der Waals surface area contributed by atoms with E-state index in [-0.39, 0.29) is 12.5 Å². The molecular weight excluding hydrogens is 272 g/mol. The maximum atomic E-state index is 12.0. The van der Waals surface area contributed by atoms with Gasteiger partial charge in [-0.15, -0.1) is 0 Å². The van der Waals surface area contributed by atoms with Gasteiger partial charge in [0.05, 0.1) is 18.8 Å². The van der Waals surface area contributed by atoms with Crippen molar-refractivity contribution in [2.45, 2.75) is 0 Å². The van der Waals surface area contributed by atoms with Crippen LogP contribution in [-0.4, -0.2) is 63.8 Å². The smallest absolute Gasteiger partial charge is 0.338 e. The van der Waals surface area contributed by atoms with E-state index in [0.29, 0.717) is 31.9 Å². The fourth-order valence-corrected chi connectivity index (χ4v) is 2.03. The molecule has 21 heavy (non-hydrogen) atoms. The number of esters is 1. The molecule has 1 aliphatic rings. The van der Waals surface area contributed by atoms with E-state index in [1.807, 2.05) is 25.1 Å². The summed E-state index contributed by atoms with van der Waals surface area (Å²) in [6, 6.07) is 7.10. The second kappa shape index (κ2) is 7.08. The molecule has 0 saturated carbocycles. The van der Waals surface area contributed by atoms with Crippen molar-refractivity contribution >= 4 is 17.6 Å². The van der Waals surface area contributed by atoms with E-state index in [1.165, 1.54) is 0 Å². The number of carbonyl (C=O) groups is 2. The lowest BCUT2D eigenvalue weighted by Crippen LogP contribution is -2.42. The van der Waals surface area contributed by atoms with E-state index in [1.54, 1.807) is 23.1 Å². The molecule has 114 valence electrons. The van der Waals surface area contributed by atoms with Gasteiger partial charge in [-0.25, -0.2) is 4.79 Å². The van der Waals surface area contributed by atoms with E-state index in [2.05, 4.69) is 0 Å². The van der Waals surface area contributed by atoms with Gasteiger partial charge in [0.2, 0.25) is 0 Å². The molecule has 1 saturated heterocycles. The van der Waals surface area contributed by atoms with Crippen molar-refractivity contribution in [3.05, 3.63) is 29.8 Å². The summed E-state index contributed by atoms with van der Waals surface area (Å²) in [5, 5.41) is 0. The molecule has 1 aromatic rings. The Morgan fingerprint density at radius 2 is 2.00 bits per heavy atom. The predicted molar refractivity (Wildman–Crippen MR) is 78.5 cm³/mol. The lowest BCUT2D eigenvalue weighted by Gasteiger charge is -2.26. The number of amides is 1. The van der Waals surface area contributed by atoms with E-state index in [0.717, 1.165) is 5.69 Å². The van der Waals surface area contributed by atoms with Crippen LogP contribution in [0.3, 0.4) is 0 Å². The van der Waals surface area contributed by atoms with Crippen molar-refractivity contribution in [1.29, 1.82) is 0 Å². The summed E-state index contributed by atoms with van der Waals surface area (Å²) >= 11 is 0. The lowest BCUT2D eigenvalue weighted by molar-refractivity contribution is -0.138. The molecule has 0 aliphatic carbocycles. The molecule has 6 heteroatoms. The normalized spacial score (nSPS) is 14.7. The maximum Gasteiger partial charge on any atom is 0.338 e. The topological polar surface area (TPSA) is 59.1 Å². The van der Waals surface area contributed by atoms with E-state index >= 15 is 0 Å². The third-order valence-electron chi connectivity index (χ3n) is 3.29. The number of benzene rings is 1. The molecule has 0 radical (unpaired) electrons. The summed E-state index contributed by atoms with van der Waals surface area (Å²) in [6.45, 7) is 1.93. The second-order valence-electron chi connectivity index (χ2n) is 5.01. The summed E-state index contributed by atoms with van der Waals surface area (Å²) in [4.78, 5) is 27.4. The van der Waals surface area contributed by atoms with Gasteiger partial charge in [0, 0.05) is 32.9 Å². The van der Waals surface area contributed by atoms with Crippen molar-refractivity contribution in [3.8, 4) is 0 Å². The van der Waals surface area contributed by atoms with Gasteiger partial charge in [0.15, 0.2) is 6.61 Å². The highest BCUT2D eigenvalue weighted by atomic mass is 16.5. The molecule has 1 heterocycles. The van der Waals surface area contributed by atoms with Crippen molar-refractivity contribution < 1.29 is 19.1 Å². The van der Waals surface area contributed by atoms with Crippen LogP contribution >= 0.6 is 0 Å². The Bertz CT molecular complexity index is 510. The molecule has 0 atom stereocenters. The van der Waals surface area contributed by atoms with E-state index in [4.69, 9.17) is 9.47 Å². The standard InChI is InChI=1S/C15H20N2O4/c1-16(2)13-5-3-4-12(10-13)15(19)21-11-14(18)17-6-8-20-9-7-17/h3-5,10H,6-9,11H2,1-2H3. The number of hydrogen-bond acceptors (Lipinski definition) is 5. The van der Waals surface area contributed by atoms with E-state index < -0.39 is 5.97 Å². The average molecular weight is 292 g/mol. The van der Waals surface area contributed by atoms with Crippen LogP contribution < -0.4 is 4.90 Å². The number of carbonyl (C=O) groups excluding carboxylic acids is 2. The molecule has 1 aromatic carbocycles. The number of morpholine rings is 1. The molecule has 0 spiro atoms. The maximum absolute atomic E-state index is 12.0. The van der Waals surface area contributed by atoms with Crippen molar-refractivity contribution in [2.24, 2.45) is 0 Å². The van der Waals surface area contributed by atoms with Crippen LogP contribution in [-0.2, 0) is 14.3 Å². The molecule has 0 N–H and O–H groups in total. The summed E-state index contributed by atoms with van der Waals surface area (Å²) in [5.41, 5.74) is 1.35. The van der Waals surface area contributed by atoms with Crippen LogP contribution in [0.5, 0.6) is 0 Å². The third-order valence-corrected chi connectivity index (χ3v) is 3.29. The minimum absolute atomic E-state index is 0.185. The van der Waals surface area contributed by atoms with Gasteiger partial charge >= 0.3 is 5.97 Å². The second-order valence-corrected chi connectivity index (χ2v) is 5.01. The Kier molecular flexibility index (Phi) is 5.16. The Hall–Kier alpha value is -2.08. The first-order valence-electron chi connectivity index (χ1n) is 6.88. The third kappa shape index (κ3) is 4.19. The molecule has 0 aromatic heterocycles. The number of nitrogens with zero attached hydrogens (tertiary/aromatic N) is 2. The zero-order valence-electron chi connectivity index (χ0n) is 12.4. The van der Waals surface area contributed by atoms with Gasteiger partial charge in [-0.3, -0.25) is 4.79 Å². The summed E-state index contributed by atoms with van der Waals surface area (Å²) in [5.74, 6) is -0.671. The van der Waals surface area contributed by atoms with Crippen LogP contribution in [0.4, 0.5) is 5.69 Å². The predicted octanol–water partition coefficient (Wildman–Crippen LogP) is 0.768. The van der Waals surface area contributed by atoms with Gasteiger partial charge in [-0.1, -0.05) is 6.07 Å². The van der Waals surface area contributed by atoms with Gasteiger partial charge in [0.1, 0.15) is 0 Å². The zero-order valence-corrected chi connectivity index (χ0v) is 12.4. The minimum atomic E-state index is -0.486. The lowest BCUT2D eigenvalue weighted by atomic mass is 10.2. The summed E-state index contributed by atoms with van der Waals surface area (Å²) < 4.78 is 10.3. The van der Waals surface area contributed by atoms with Gasteiger partial charge in [-0.2, -0.15) is 0 Å². The monoisotopic (exact) mass is 292 g/mol. The fraction of sp³-hybridized carbons (Fsp3) is 0.467. The first-order chi connectivity index (χ1) is 10.1. The minimum Gasteiger partial charge on any atom is -0.452 e. The van der Waals surface area contributed by atoms with Gasteiger partial charge in [0.25, 0.3) is 5.91 Å². The SMILES string of the molecule is CN(C)c1cccc(C(=O)OCC(=O)N2CCOCC2)c1. The summed E-state index contributed by atoms with van der Waals surface area (Å²) in [6.07, 6.45) is 0. The number of hydrogen-bond donors (Lipinski definition) is 0. The average Bonchev–Trinajstić information content (AvgIpc) is 2.53. The van der Waals surface area contributed by atoms with Crippen molar-refractivity contribution in [1.82, 2.24) is 4.90 Å². The Labute approximate surface area is 124 Å². The fourth-order valence-electron chi connectivity index (χ4n) is 2.03. The molecule has 2 rings (SSSR count). The Morgan fingerprint density at radius 1 is 1.29 bits per heavy atom. The highest BCUT2D eigenvalue weighted by Crippen LogP contribution is 2.14. The molecule has 1 amide bonds. The van der Waals surface area contributed by atoms with Crippen LogP contribution in [0.2, 0.25) is 0 Å². The molecule has 1 fully saturated rings. The number of rotatable bonds is 4. The first-order valence-corrected chi connectivity index (χ1v) is 6.88. The highest BCUT2D eigenvalue weighted by Gasteiger charge is 2.18. The number of ether oxygens (including phenoxy) is 2.